The zero-order valence-corrected chi connectivity index (χ0v) is 15.7. The SMILES string of the molecule is CCC(CC)c1ccc(Cl)c2c1[N]C(Nc1ccc(Cl)cc1Cl)=N2. The van der Waals surface area contributed by atoms with Crippen LogP contribution in [0.4, 0.5) is 17.1 Å². The monoisotopic (exact) mass is 380 g/mol. The Kier molecular flexibility index (Phi) is 5.24. The van der Waals surface area contributed by atoms with Crippen molar-refractivity contribution >= 4 is 57.8 Å². The molecule has 0 saturated heterocycles. The van der Waals surface area contributed by atoms with E-state index in [9.17, 15) is 0 Å². The predicted molar refractivity (Wildman–Crippen MR) is 104 cm³/mol. The second kappa shape index (κ2) is 7.22. The lowest BCUT2D eigenvalue weighted by atomic mass is 9.92. The zero-order chi connectivity index (χ0) is 17.3. The minimum Gasteiger partial charge on any atom is -0.323 e. The molecule has 1 aliphatic heterocycles. The van der Waals surface area contributed by atoms with Crippen molar-refractivity contribution in [3.8, 4) is 0 Å². The van der Waals surface area contributed by atoms with Crippen LogP contribution in [0.2, 0.25) is 15.1 Å². The third-order valence-corrected chi connectivity index (χ3v) is 5.02. The Balaban J connectivity index is 1.91. The Morgan fingerprint density at radius 1 is 0.958 bits per heavy atom. The Bertz CT molecular complexity index is 798. The highest BCUT2D eigenvalue weighted by Crippen LogP contribution is 2.44. The minimum atomic E-state index is 0.438. The molecule has 3 nitrogen and oxygen atoms in total. The van der Waals surface area contributed by atoms with Crippen molar-refractivity contribution in [3.05, 3.63) is 51.0 Å². The van der Waals surface area contributed by atoms with Crippen LogP contribution in [0.3, 0.4) is 0 Å². The Labute approximate surface area is 157 Å². The normalized spacial score (nSPS) is 12.8. The van der Waals surface area contributed by atoms with Crippen molar-refractivity contribution < 1.29 is 0 Å². The first kappa shape index (κ1) is 17.4. The van der Waals surface area contributed by atoms with E-state index in [-0.39, 0.29) is 0 Å². The van der Waals surface area contributed by atoms with E-state index in [4.69, 9.17) is 34.8 Å². The number of rotatable bonds is 4. The molecule has 2 aromatic rings. The van der Waals surface area contributed by atoms with Crippen LogP contribution in [0.5, 0.6) is 0 Å². The highest BCUT2D eigenvalue weighted by Gasteiger charge is 2.25. The molecule has 0 aromatic heterocycles. The third-order valence-electron chi connectivity index (χ3n) is 4.17. The summed E-state index contributed by atoms with van der Waals surface area (Å²) in [5.74, 6) is 0.919. The topological polar surface area (TPSA) is 38.5 Å². The van der Waals surface area contributed by atoms with Gasteiger partial charge in [-0.2, -0.15) is 0 Å². The van der Waals surface area contributed by atoms with Crippen LogP contribution in [0.25, 0.3) is 0 Å². The lowest BCUT2D eigenvalue weighted by Gasteiger charge is -2.16. The van der Waals surface area contributed by atoms with Gasteiger partial charge in [-0.25, -0.2) is 10.3 Å². The second-order valence-corrected chi connectivity index (χ2v) is 6.89. The fourth-order valence-corrected chi connectivity index (χ4v) is 3.51. The summed E-state index contributed by atoms with van der Waals surface area (Å²) in [4.78, 5) is 4.54. The standard InChI is InChI=1S/C18H17Cl3N3/c1-3-10(4-2)12-6-7-13(20)17-16(12)23-18(24-17)22-15-8-5-11(19)9-14(15)21/h5-10H,3-4H2,1-2H3,(H,22,24). The number of aliphatic imine (C=N–C) groups is 1. The van der Waals surface area contributed by atoms with Gasteiger partial charge in [-0.15, -0.1) is 0 Å². The maximum absolute atomic E-state index is 6.31. The summed E-state index contributed by atoms with van der Waals surface area (Å²) in [6.45, 7) is 4.36. The molecule has 125 valence electrons. The van der Waals surface area contributed by atoms with Crippen LogP contribution in [-0.4, -0.2) is 5.96 Å². The molecule has 1 N–H and O–H groups in total. The number of anilines is 1. The molecule has 0 fully saturated rings. The molecule has 2 aromatic carbocycles. The first-order valence-corrected chi connectivity index (χ1v) is 9.01. The average molecular weight is 382 g/mol. The van der Waals surface area contributed by atoms with Gasteiger partial charge in [-0.05, 0) is 48.6 Å². The van der Waals surface area contributed by atoms with E-state index in [0.717, 1.165) is 18.5 Å². The number of guanidine groups is 1. The number of hydrogen-bond donors (Lipinski definition) is 1. The largest absolute Gasteiger partial charge is 0.323 e. The molecule has 0 atom stereocenters. The van der Waals surface area contributed by atoms with Crippen LogP contribution >= 0.6 is 34.8 Å². The summed E-state index contributed by atoms with van der Waals surface area (Å²) in [5.41, 5.74) is 3.45. The number of hydrogen-bond acceptors (Lipinski definition) is 2. The smallest absolute Gasteiger partial charge is 0.228 e. The molecule has 6 heteroatoms. The van der Waals surface area contributed by atoms with E-state index in [1.807, 2.05) is 6.07 Å². The van der Waals surface area contributed by atoms with Crippen molar-refractivity contribution in [2.24, 2.45) is 4.99 Å². The fourth-order valence-electron chi connectivity index (χ4n) is 2.86. The maximum atomic E-state index is 6.31. The molecule has 1 radical (unpaired) electrons. The van der Waals surface area contributed by atoms with E-state index in [1.165, 1.54) is 5.56 Å². The number of nitrogens with zero attached hydrogens (tertiary/aromatic N) is 2. The van der Waals surface area contributed by atoms with E-state index in [0.29, 0.717) is 38.3 Å². The fraction of sp³-hybridized carbons (Fsp3) is 0.278. The molecule has 0 saturated carbocycles. The number of fused-ring (bicyclic) bond motifs is 1. The second-order valence-electron chi connectivity index (χ2n) is 5.64. The minimum absolute atomic E-state index is 0.438. The van der Waals surface area contributed by atoms with Gasteiger partial charge in [0.15, 0.2) is 0 Å². The lowest BCUT2D eigenvalue weighted by Crippen LogP contribution is -2.18. The van der Waals surface area contributed by atoms with E-state index < -0.39 is 0 Å². The highest BCUT2D eigenvalue weighted by atomic mass is 35.5. The van der Waals surface area contributed by atoms with Gasteiger partial charge < -0.3 is 5.32 Å². The summed E-state index contributed by atoms with van der Waals surface area (Å²) in [6.07, 6.45) is 2.09. The van der Waals surface area contributed by atoms with Gasteiger partial charge in [0, 0.05) is 5.02 Å². The molecule has 0 aliphatic carbocycles. The van der Waals surface area contributed by atoms with E-state index >= 15 is 0 Å². The van der Waals surface area contributed by atoms with Crippen molar-refractivity contribution in [1.29, 1.82) is 0 Å². The van der Waals surface area contributed by atoms with Crippen molar-refractivity contribution in [1.82, 2.24) is 5.32 Å². The van der Waals surface area contributed by atoms with Crippen LogP contribution < -0.4 is 10.6 Å². The molecule has 1 heterocycles. The summed E-state index contributed by atoms with van der Waals surface area (Å²) < 4.78 is 0. The highest BCUT2D eigenvalue weighted by molar-refractivity contribution is 6.37. The molecule has 0 bridgehead atoms. The zero-order valence-electron chi connectivity index (χ0n) is 13.4. The molecular formula is C18H17Cl3N3. The summed E-state index contributed by atoms with van der Waals surface area (Å²) in [7, 11) is 0. The third kappa shape index (κ3) is 3.34. The van der Waals surface area contributed by atoms with Crippen molar-refractivity contribution in [2.75, 3.05) is 5.32 Å². The van der Waals surface area contributed by atoms with E-state index in [2.05, 4.69) is 35.5 Å². The number of benzene rings is 2. The molecule has 0 unspecified atom stereocenters. The number of halogens is 3. The molecule has 0 spiro atoms. The average Bonchev–Trinajstić information content (AvgIpc) is 2.98. The van der Waals surface area contributed by atoms with Gasteiger partial charge in [0.1, 0.15) is 5.69 Å². The van der Waals surface area contributed by atoms with Gasteiger partial charge in [0.25, 0.3) is 0 Å². The summed E-state index contributed by atoms with van der Waals surface area (Å²) >= 11 is 18.5. The van der Waals surface area contributed by atoms with Gasteiger partial charge in [-0.3, -0.25) is 0 Å². The summed E-state index contributed by atoms with van der Waals surface area (Å²) in [6, 6.07) is 9.19. The Hall–Kier alpha value is -1.42. The molecule has 3 rings (SSSR count). The predicted octanol–water partition coefficient (Wildman–Crippen LogP) is 6.90. The summed E-state index contributed by atoms with van der Waals surface area (Å²) in [5, 5.41) is 9.50. The quantitative estimate of drug-likeness (QED) is 0.614. The molecule has 1 aliphatic rings. The lowest BCUT2D eigenvalue weighted by molar-refractivity contribution is 0.642. The van der Waals surface area contributed by atoms with Gasteiger partial charge in [0.05, 0.1) is 21.4 Å². The molecule has 24 heavy (non-hydrogen) atoms. The first-order chi connectivity index (χ1) is 11.5. The Morgan fingerprint density at radius 3 is 2.38 bits per heavy atom. The molecular weight excluding hydrogens is 365 g/mol. The van der Waals surface area contributed by atoms with Crippen LogP contribution in [0, 0.1) is 0 Å². The molecule has 0 amide bonds. The maximum Gasteiger partial charge on any atom is 0.228 e. The Morgan fingerprint density at radius 2 is 1.71 bits per heavy atom. The van der Waals surface area contributed by atoms with E-state index in [1.54, 1.807) is 18.2 Å². The first-order valence-electron chi connectivity index (χ1n) is 7.88. The van der Waals surface area contributed by atoms with Crippen LogP contribution in [0.1, 0.15) is 38.2 Å². The van der Waals surface area contributed by atoms with Crippen molar-refractivity contribution in [2.45, 2.75) is 32.6 Å². The van der Waals surface area contributed by atoms with Gasteiger partial charge >= 0.3 is 0 Å². The van der Waals surface area contributed by atoms with Crippen LogP contribution in [0.15, 0.2) is 35.3 Å². The van der Waals surface area contributed by atoms with Gasteiger partial charge in [-0.1, -0.05) is 54.7 Å². The van der Waals surface area contributed by atoms with Crippen LogP contribution in [-0.2, 0) is 0 Å². The van der Waals surface area contributed by atoms with Gasteiger partial charge in [0.2, 0.25) is 5.96 Å². The van der Waals surface area contributed by atoms with Crippen molar-refractivity contribution in [3.63, 3.8) is 0 Å². The number of nitrogens with one attached hydrogen (secondary N) is 1.